The summed E-state index contributed by atoms with van der Waals surface area (Å²) < 4.78 is 67.7. The van der Waals surface area contributed by atoms with Crippen molar-refractivity contribution in [3.8, 4) is 5.88 Å². The molecule has 262 valence electrons. The summed E-state index contributed by atoms with van der Waals surface area (Å²) in [5.74, 6) is -0.572. The summed E-state index contributed by atoms with van der Waals surface area (Å²) in [6.45, 7) is 5.68. The average molecular weight is 703 g/mol. The summed E-state index contributed by atoms with van der Waals surface area (Å²) in [7, 11) is 3.32. The lowest BCUT2D eigenvalue weighted by molar-refractivity contribution is -0.129. The molecule has 0 bridgehead atoms. The summed E-state index contributed by atoms with van der Waals surface area (Å²) in [5, 5.41) is 0.612. The molecule has 1 N–H and O–H groups in total. The van der Waals surface area contributed by atoms with Gasteiger partial charge in [-0.3, -0.25) is 4.79 Å². The first kappa shape index (κ1) is 37.2. The molecule has 2 heterocycles. The van der Waals surface area contributed by atoms with Gasteiger partial charge in [-0.25, -0.2) is 14.2 Å². The number of hydrogen-bond donors (Lipinski definition) is 1. The summed E-state index contributed by atoms with van der Waals surface area (Å²) in [6, 6.07) is 15.4. The van der Waals surface area contributed by atoms with Gasteiger partial charge in [-0.1, -0.05) is 35.9 Å². The Morgan fingerprint density at radius 3 is 2.33 bits per heavy atom. The van der Waals surface area contributed by atoms with E-state index in [4.69, 9.17) is 21.1 Å². The second-order valence-electron chi connectivity index (χ2n) is 12.6. The molecule has 0 aliphatic rings. The van der Waals surface area contributed by atoms with E-state index in [2.05, 4.69) is 9.97 Å². The number of carbonyl (C=O) groups excluding carboxylic acids is 2. The standard InChI is InChI=1S/C36H39ClF4N4O4/c1-35(2,3)49-34(47)45(16-8-11-32(46)44(4)5)17-18-48-31-15-12-24(22-42-31)33(30-19-23-9-6-7-10-29(23)43-30)27(21-36(39,40)41)26-14-13-25(38)20-28(26)37/h6-7,9-10,12-15,19-20,22,43H,8,11,16-18,21H2,1-5H3/b33-27+. The van der Waals surface area contributed by atoms with Gasteiger partial charge in [0.15, 0.2) is 0 Å². The van der Waals surface area contributed by atoms with Gasteiger partial charge in [0, 0.05) is 67.1 Å². The van der Waals surface area contributed by atoms with Crippen molar-refractivity contribution in [3.63, 3.8) is 0 Å². The van der Waals surface area contributed by atoms with E-state index >= 15 is 0 Å². The summed E-state index contributed by atoms with van der Waals surface area (Å²) in [5.41, 5.74) is 0.747. The van der Waals surface area contributed by atoms with Crippen molar-refractivity contribution in [3.05, 3.63) is 94.5 Å². The zero-order valence-corrected chi connectivity index (χ0v) is 28.7. The summed E-state index contributed by atoms with van der Waals surface area (Å²) in [6.07, 6.45) is -4.46. The van der Waals surface area contributed by atoms with Gasteiger partial charge in [0.05, 0.1) is 18.0 Å². The topological polar surface area (TPSA) is 87.8 Å². The maximum Gasteiger partial charge on any atom is 0.410 e. The number of carbonyl (C=O) groups is 2. The number of nitrogens with zero attached hydrogens (tertiary/aromatic N) is 3. The Bertz CT molecular complexity index is 1760. The zero-order valence-electron chi connectivity index (χ0n) is 28.0. The second kappa shape index (κ2) is 15.8. The molecule has 0 saturated heterocycles. The smallest absolute Gasteiger partial charge is 0.410 e. The summed E-state index contributed by atoms with van der Waals surface area (Å²) in [4.78, 5) is 35.4. The highest BCUT2D eigenvalue weighted by molar-refractivity contribution is 6.32. The summed E-state index contributed by atoms with van der Waals surface area (Å²) >= 11 is 6.33. The number of para-hydroxylation sites is 1. The molecule has 0 atom stereocenters. The van der Waals surface area contributed by atoms with Crippen molar-refractivity contribution in [2.24, 2.45) is 0 Å². The molecule has 8 nitrogen and oxygen atoms in total. The quantitative estimate of drug-likeness (QED) is 0.149. The molecular formula is C36H39ClF4N4O4. The van der Waals surface area contributed by atoms with Gasteiger partial charge in [-0.15, -0.1) is 0 Å². The maximum absolute atomic E-state index is 14.1. The average Bonchev–Trinajstić information content (AvgIpc) is 3.43. The minimum absolute atomic E-state index is 0.0302. The van der Waals surface area contributed by atoms with Crippen LogP contribution in [0.2, 0.25) is 5.02 Å². The van der Waals surface area contributed by atoms with Crippen LogP contribution in [-0.4, -0.2) is 77.3 Å². The van der Waals surface area contributed by atoms with E-state index in [1.54, 1.807) is 59.1 Å². The number of amides is 2. The number of H-pyrrole nitrogens is 1. The molecule has 2 amide bonds. The first-order chi connectivity index (χ1) is 23.0. The van der Waals surface area contributed by atoms with Crippen molar-refractivity contribution in [1.29, 1.82) is 0 Å². The van der Waals surface area contributed by atoms with Crippen LogP contribution in [0.5, 0.6) is 5.88 Å². The van der Waals surface area contributed by atoms with Crippen molar-refractivity contribution in [1.82, 2.24) is 19.8 Å². The zero-order chi connectivity index (χ0) is 35.9. The predicted molar refractivity (Wildman–Crippen MR) is 182 cm³/mol. The van der Waals surface area contributed by atoms with Crippen LogP contribution in [0.3, 0.4) is 0 Å². The minimum atomic E-state index is -4.62. The fourth-order valence-electron chi connectivity index (χ4n) is 5.09. The fraction of sp³-hybridized carbons (Fsp3) is 0.361. The van der Waals surface area contributed by atoms with Crippen LogP contribution in [-0.2, 0) is 9.53 Å². The number of rotatable bonds is 12. The first-order valence-corrected chi connectivity index (χ1v) is 16.0. The number of aromatic amines is 1. The van der Waals surface area contributed by atoms with E-state index in [9.17, 15) is 27.2 Å². The highest BCUT2D eigenvalue weighted by atomic mass is 35.5. The van der Waals surface area contributed by atoms with Gasteiger partial charge in [0.1, 0.15) is 18.0 Å². The SMILES string of the molecule is CN(C)C(=O)CCCN(CCOc1ccc(/C(=C(/CC(F)(F)F)c2ccc(F)cc2Cl)c2cc3ccccc3[nH]2)cn1)C(=O)OC(C)(C)C. The van der Waals surface area contributed by atoms with Gasteiger partial charge in [0.2, 0.25) is 11.8 Å². The van der Waals surface area contributed by atoms with Crippen LogP contribution in [0.15, 0.2) is 66.9 Å². The van der Waals surface area contributed by atoms with Gasteiger partial charge >= 0.3 is 12.3 Å². The molecule has 13 heteroatoms. The van der Waals surface area contributed by atoms with E-state index in [0.29, 0.717) is 23.2 Å². The lowest BCUT2D eigenvalue weighted by Crippen LogP contribution is -2.40. The molecule has 0 aliphatic carbocycles. The van der Waals surface area contributed by atoms with Gasteiger partial charge in [-0.2, -0.15) is 13.2 Å². The van der Waals surface area contributed by atoms with E-state index < -0.39 is 30.1 Å². The number of aromatic nitrogens is 2. The van der Waals surface area contributed by atoms with Gasteiger partial charge < -0.3 is 24.3 Å². The molecule has 0 unspecified atom stereocenters. The third kappa shape index (κ3) is 10.7. The Morgan fingerprint density at radius 2 is 1.71 bits per heavy atom. The van der Waals surface area contributed by atoms with Crippen LogP contribution >= 0.6 is 11.6 Å². The van der Waals surface area contributed by atoms with E-state index in [1.807, 2.05) is 12.1 Å². The number of fused-ring (bicyclic) bond motifs is 1. The Morgan fingerprint density at radius 1 is 0.980 bits per heavy atom. The molecule has 4 rings (SSSR count). The van der Waals surface area contributed by atoms with Gasteiger partial charge in [0.25, 0.3) is 0 Å². The third-order valence-corrected chi connectivity index (χ3v) is 7.65. The number of pyridine rings is 1. The molecule has 0 radical (unpaired) electrons. The Labute approximate surface area is 287 Å². The number of benzene rings is 2. The molecule has 2 aromatic heterocycles. The molecule has 2 aromatic carbocycles. The van der Waals surface area contributed by atoms with Crippen molar-refractivity contribution in [2.75, 3.05) is 33.8 Å². The molecule has 49 heavy (non-hydrogen) atoms. The number of hydrogen-bond acceptors (Lipinski definition) is 5. The van der Waals surface area contributed by atoms with E-state index in [1.165, 1.54) is 28.1 Å². The van der Waals surface area contributed by atoms with E-state index in [0.717, 1.165) is 17.5 Å². The number of allylic oxidation sites excluding steroid dienone is 1. The largest absolute Gasteiger partial charge is 0.476 e. The monoisotopic (exact) mass is 702 g/mol. The van der Waals surface area contributed by atoms with Crippen LogP contribution < -0.4 is 4.74 Å². The van der Waals surface area contributed by atoms with Crippen LogP contribution in [0.4, 0.5) is 22.4 Å². The van der Waals surface area contributed by atoms with E-state index in [-0.39, 0.29) is 59.6 Å². The van der Waals surface area contributed by atoms with Crippen molar-refractivity contribution >= 4 is 45.7 Å². The number of alkyl halides is 3. The molecule has 4 aromatic rings. The lowest BCUT2D eigenvalue weighted by Gasteiger charge is -2.27. The molecular weight excluding hydrogens is 664 g/mol. The molecule has 0 spiro atoms. The lowest BCUT2D eigenvalue weighted by atomic mass is 9.90. The fourth-order valence-corrected chi connectivity index (χ4v) is 5.37. The minimum Gasteiger partial charge on any atom is -0.476 e. The van der Waals surface area contributed by atoms with Crippen LogP contribution in [0.25, 0.3) is 22.0 Å². The molecule has 0 aliphatic heterocycles. The highest BCUT2D eigenvalue weighted by Gasteiger charge is 2.33. The number of halogens is 5. The number of nitrogens with one attached hydrogen (secondary N) is 1. The second-order valence-corrected chi connectivity index (χ2v) is 13.0. The van der Waals surface area contributed by atoms with Gasteiger partial charge in [-0.05, 0) is 68.7 Å². The predicted octanol–water partition coefficient (Wildman–Crippen LogP) is 8.75. The highest BCUT2D eigenvalue weighted by Crippen LogP contribution is 2.42. The number of ether oxygens (including phenoxy) is 2. The molecule has 0 fully saturated rings. The third-order valence-electron chi connectivity index (χ3n) is 7.34. The normalized spacial score (nSPS) is 12.4. The van der Waals surface area contributed by atoms with Crippen LogP contribution in [0.1, 0.15) is 56.9 Å². The first-order valence-electron chi connectivity index (χ1n) is 15.6. The maximum atomic E-state index is 14.1. The van der Waals surface area contributed by atoms with Crippen molar-refractivity contribution in [2.45, 2.75) is 51.8 Å². The van der Waals surface area contributed by atoms with Crippen LogP contribution in [0, 0.1) is 5.82 Å². The molecule has 0 saturated carbocycles. The Hall–Kier alpha value is -4.58. The van der Waals surface area contributed by atoms with Crippen molar-refractivity contribution < 1.29 is 36.6 Å². The Balaban J connectivity index is 1.64. The Kier molecular flexibility index (Phi) is 12.0.